The van der Waals surface area contributed by atoms with E-state index in [-0.39, 0.29) is 57.7 Å². The second kappa shape index (κ2) is 17.6. The van der Waals surface area contributed by atoms with E-state index in [1.165, 1.54) is 23.3 Å². The van der Waals surface area contributed by atoms with Crippen LogP contribution >= 0.6 is 11.6 Å². The van der Waals surface area contributed by atoms with E-state index in [1.54, 1.807) is 26.1 Å². The molecule has 0 bridgehead atoms. The average Bonchev–Trinajstić information content (AvgIpc) is 3.87. The van der Waals surface area contributed by atoms with E-state index in [2.05, 4.69) is 20.1 Å². The molecule has 61 heavy (non-hydrogen) atoms. The number of amides is 1. The average molecular weight is 889 g/mol. The fourth-order valence-electron chi connectivity index (χ4n) is 8.78. The predicted octanol–water partition coefficient (Wildman–Crippen LogP) is 8.48. The molecule has 2 fully saturated rings. The number of rotatable bonds is 12. The number of carbonyl (C=O) groups is 1. The van der Waals surface area contributed by atoms with Crippen molar-refractivity contribution in [1.29, 1.82) is 0 Å². The molecule has 5 aromatic rings. The molecule has 3 aromatic carbocycles. The molecule has 8 rings (SSSR count). The molecule has 0 radical (unpaired) electrons. The van der Waals surface area contributed by atoms with Gasteiger partial charge in [0, 0.05) is 43.8 Å². The molecule has 0 spiro atoms. The van der Waals surface area contributed by atoms with Crippen molar-refractivity contribution in [2.24, 2.45) is 16.0 Å². The van der Waals surface area contributed by atoms with E-state index < -0.39 is 64.1 Å². The second-order valence-corrected chi connectivity index (χ2v) is 16.8. The van der Waals surface area contributed by atoms with Crippen molar-refractivity contribution in [1.82, 2.24) is 24.6 Å². The largest absolute Gasteiger partial charge is 0.386 e. The molecule has 11 nitrogen and oxygen atoms in total. The van der Waals surface area contributed by atoms with Gasteiger partial charge in [-0.1, -0.05) is 36.9 Å². The van der Waals surface area contributed by atoms with Gasteiger partial charge in [0.25, 0.3) is 17.9 Å². The first-order chi connectivity index (χ1) is 29.1. The molecule has 324 valence electrons. The van der Waals surface area contributed by atoms with Gasteiger partial charge in [-0.15, -0.1) is 0 Å². The molecule has 2 aromatic heterocycles. The van der Waals surface area contributed by atoms with Crippen LogP contribution in [0, 0.1) is 17.6 Å². The number of nitrogens with one attached hydrogen (secondary N) is 2. The lowest BCUT2D eigenvalue weighted by Gasteiger charge is -2.25. The van der Waals surface area contributed by atoms with Crippen molar-refractivity contribution in [3.05, 3.63) is 115 Å². The van der Waals surface area contributed by atoms with E-state index in [0.717, 1.165) is 54.1 Å². The Bertz CT molecular complexity index is 2590. The Labute approximate surface area is 354 Å². The van der Waals surface area contributed by atoms with Crippen LogP contribution in [0.1, 0.15) is 109 Å². The molecule has 0 saturated heterocycles. The van der Waals surface area contributed by atoms with Crippen molar-refractivity contribution < 1.29 is 35.3 Å². The molecule has 4 atom stereocenters. The van der Waals surface area contributed by atoms with Gasteiger partial charge >= 0.3 is 0 Å². The molecule has 0 aliphatic heterocycles. The van der Waals surface area contributed by atoms with Gasteiger partial charge in [0.05, 0.1) is 38.9 Å². The van der Waals surface area contributed by atoms with Crippen LogP contribution in [0.5, 0.6) is 0 Å². The van der Waals surface area contributed by atoms with Crippen LogP contribution in [0.2, 0.25) is 5.02 Å². The molecular weight excluding hydrogens is 846 g/mol. The first-order valence-electron chi connectivity index (χ1n) is 19.8. The SMILES string of the molecule is CCn1nc(C(F)F)c2c1C(F)(F)C1CC21.CNc1c(-n2c(C(Cc3cc(F)cc(F)c3)NC=O)nc3cc(C4CCCCC4)ccc3c2=O)ccc(Cl)c1/C(N)=N/S(C)=O. The number of nitrogens with zero attached hydrogens (tertiary/aromatic N) is 5. The molecule has 3 aliphatic rings. The number of carbonyl (C=O) groups excluding carboxylic acids is 1. The van der Waals surface area contributed by atoms with E-state index in [9.17, 15) is 40.1 Å². The van der Waals surface area contributed by atoms with Gasteiger partial charge in [-0.05, 0) is 85.5 Å². The summed E-state index contributed by atoms with van der Waals surface area (Å²) >= 11 is 6.53. The Kier molecular flexibility index (Phi) is 12.7. The first kappa shape index (κ1) is 43.8. The van der Waals surface area contributed by atoms with Crippen LogP contribution in [0.3, 0.4) is 0 Å². The molecule has 4 unspecified atom stereocenters. The third kappa shape index (κ3) is 8.52. The summed E-state index contributed by atoms with van der Waals surface area (Å²) in [4.78, 5) is 31.3. The summed E-state index contributed by atoms with van der Waals surface area (Å²) < 4.78 is 99.5. The standard InChI is InChI=1S/C32H33ClF2N6O3S.C10H10F4N2/c1-37-29-27(11-10-24(33)28(29)30(36)40-45(2)44)41-31(26(38-17-42)14-18-12-21(34)16-22(35)13-18)39-25-15-20(8-9-23(25)32(41)43)19-6-4-3-5-7-19;1-2-16-8-6(7(15-16)9(11)12)4-3-5(4)10(8,13)14/h8-13,15-17,19,26,37H,3-7,14H2,1-2H3,(H2,36,40)(H,38,42);4-5,9H,2-3H2,1H3. The maximum atomic E-state index is 14.4. The van der Waals surface area contributed by atoms with Gasteiger partial charge in [-0.2, -0.15) is 18.3 Å². The smallest absolute Gasteiger partial charge is 0.293 e. The zero-order valence-electron chi connectivity index (χ0n) is 33.3. The zero-order valence-corrected chi connectivity index (χ0v) is 34.9. The lowest BCUT2D eigenvalue weighted by Crippen LogP contribution is -2.33. The summed E-state index contributed by atoms with van der Waals surface area (Å²) in [5, 5.41) is 9.85. The van der Waals surface area contributed by atoms with Crippen molar-refractivity contribution in [2.45, 2.75) is 88.6 Å². The van der Waals surface area contributed by atoms with Crippen LogP contribution in [0.15, 0.2) is 57.7 Å². The van der Waals surface area contributed by atoms with Crippen LogP contribution < -0.4 is 21.9 Å². The van der Waals surface area contributed by atoms with Gasteiger partial charge in [0.2, 0.25) is 6.41 Å². The Morgan fingerprint density at radius 3 is 2.43 bits per heavy atom. The number of anilines is 1. The zero-order chi connectivity index (χ0) is 43.9. The lowest BCUT2D eigenvalue weighted by molar-refractivity contribution is -0.110. The number of aryl methyl sites for hydroxylation is 1. The molecule has 2 heterocycles. The molecule has 3 aliphatic carbocycles. The van der Waals surface area contributed by atoms with E-state index in [0.29, 0.717) is 35.3 Å². The monoisotopic (exact) mass is 888 g/mol. The fraction of sp³-hybridized carbons (Fsp3) is 0.405. The molecule has 1 amide bonds. The number of aromatic nitrogens is 4. The number of alkyl halides is 4. The highest BCUT2D eigenvalue weighted by atomic mass is 35.5. The Hall–Kier alpha value is -5.23. The van der Waals surface area contributed by atoms with E-state index in [4.69, 9.17) is 22.3 Å². The first-order valence-corrected chi connectivity index (χ1v) is 21.7. The van der Waals surface area contributed by atoms with Crippen LogP contribution in [0.25, 0.3) is 16.6 Å². The Morgan fingerprint density at radius 2 is 1.80 bits per heavy atom. The summed E-state index contributed by atoms with van der Waals surface area (Å²) in [5.74, 6) is -5.36. The quantitative estimate of drug-likeness (QED) is 0.0493. The second-order valence-electron chi connectivity index (χ2n) is 15.3. The van der Waals surface area contributed by atoms with Gasteiger partial charge in [-0.3, -0.25) is 18.8 Å². The minimum atomic E-state index is -2.98. The number of hydrogen-bond acceptors (Lipinski definition) is 6. The van der Waals surface area contributed by atoms with E-state index in [1.807, 2.05) is 12.1 Å². The van der Waals surface area contributed by atoms with Gasteiger partial charge < -0.3 is 16.4 Å². The Morgan fingerprint density at radius 1 is 1.10 bits per heavy atom. The molecule has 19 heteroatoms. The highest BCUT2D eigenvalue weighted by Crippen LogP contribution is 2.68. The number of nitrogens with two attached hydrogens (primary N) is 1. The number of hydrogen-bond donors (Lipinski definition) is 3. The minimum absolute atomic E-state index is 0.0819. The Balaban J connectivity index is 0.000000290. The topological polar surface area (TPSA) is 149 Å². The fourth-order valence-corrected chi connectivity index (χ4v) is 9.40. The van der Waals surface area contributed by atoms with Crippen LogP contribution in [0.4, 0.5) is 32.0 Å². The summed E-state index contributed by atoms with van der Waals surface area (Å²) in [6.07, 6.45) is 4.80. The summed E-state index contributed by atoms with van der Waals surface area (Å²) in [5.41, 5.74) is 7.69. The third-order valence-corrected chi connectivity index (χ3v) is 12.3. The molecular formula is C42H43ClF6N8O3S. The van der Waals surface area contributed by atoms with E-state index >= 15 is 0 Å². The highest BCUT2D eigenvalue weighted by molar-refractivity contribution is 7.83. The summed E-state index contributed by atoms with van der Waals surface area (Å²) in [7, 11) is -0.0506. The van der Waals surface area contributed by atoms with Gasteiger partial charge in [0.15, 0.2) is 0 Å². The normalized spacial score (nSPS) is 19.2. The lowest BCUT2D eigenvalue weighted by atomic mass is 9.84. The number of halogens is 7. The maximum Gasteiger partial charge on any atom is 0.293 e. The van der Waals surface area contributed by atoms with Gasteiger partial charge in [0.1, 0.15) is 45.7 Å². The van der Waals surface area contributed by atoms with Crippen LogP contribution in [-0.4, -0.2) is 49.1 Å². The third-order valence-electron chi connectivity index (χ3n) is 11.5. The molecule has 2 saturated carbocycles. The van der Waals surface area contributed by atoms with Crippen molar-refractivity contribution in [3.8, 4) is 5.69 Å². The van der Waals surface area contributed by atoms with Gasteiger partial charge in [-0.25, -0.2) is 26.8 Å². The van der Waals surface area contributed by atoms with Crippen molar-refractivity contribution in [2.75, 3.05) is 18.6 Å². The van der Waals surface area contributed by atoms with Crippen molar-refractivity contribution >= 4 is 51.4 Å². The summed E-state index contributed by atoms with van der Waals surface area (Å²) in [6, 6.07) is 10.8. The molecule has 4 N–H and O–H groups in total. The highest BCUT2D eigenvalue weighted by Gasteiger charge is 2.67. The minimum Gasteiger partial charge on any atom is -0.386 e. The predicted molar refractivity (Wildman–Crippen MR) is 222 cm³/mol. The van der Waals surface area contributed by atoms with Crippen LogP contribution in [-0.2, 0) is 34.7 Å². The number of amidine groups is 1. The number of benzene rings is 3. The summed E-state index contributed by atoms with van der Waals surface area (Å²) in [6.45, 7) is 1.83. The number of fused-ring (bicyclic) bond motifs is 4. The maximum absolute atomic E-state index is 14.4. The van der Waals surface area contributed by atoms with Crippen molar-refractivity contribution in [3.63, 3.8) is 0 Å².